The van der Waals surface area contributed by atoms with E-state index in [1.165, 1.54) is 12.1 Å². The molecule has 1 aromatic rings. The van der Waals surface area contributed by atoms with Crippen molar-refractivity contribution in [3.63, 3.8) is 0 Å². The Kier molecular flexibility index (Phi) is 7.06. The van der Waals surface area contributed by atoms with Gasteiger partial charge in [0.1, 0.15) is 12.4 Å². The van der Waals surface area contributed by atoms with E-state index in [0.717, 1.165) is 6.07 Å². The van der Waals surface area contributed by atoms with Crippen LogP contribution in [0, 0.1) is 17.7 Å². The van der Waals surface area contributed by atoms with Gasteiger partial charge in [-0.05, 0) is 24.6 Å². The Hall–Kier alpha value is -1.71. The van der Waals surface area contributed by atoms with Crippen LogP contribution in [-0.2, 0) is 10.8 Å². The van der Waals surface area contributed by atoms with Crippen molar-refractivity contribution in [3.05, 3.63) is 35.1 Å². The Balaban J connectivity index is 2.63. The van der Waals surface area contributed by atoms with Crippen LogP contribution in [0.3, 0.4) is 0 Å². The van der Waals surface area contributed by atoms with Gasteiger partial charge in [-0.15, -0.1) is 0 Å². The summed E-state index contributed by atoms with van der Waals surface area (Å²) in [6.07, 6.45) is 2.21. The van der Waals surface area contributed by atoms with E-state index in [1.54, 1.807) is 6.26 Å². The molecule has 0 aliphatic carbocycles. The second kappa shape index (κ2) is 8.55. The molecule has 4 nitrogen and oxygen atoms in total. The fourth-order valence-electron chi connectivity index (χ4n) is 1.55. The number of amides is 1. The van der Waals surface area contributed by atoms with E-state index in [4.69, 9.17) is 5.11 Å². The van der Waals surface area contributed by atoms with E-state index in [1.807, 2.05) is 6.92 Å². The standard InChI is InChI=1S/C15H18FNO3S/c1-11(21(2)20)7-8-17-15(19)13-6-5-12(4-3-9-18)14(16)10-13/h5-6,10-11,18H,7-9H2,1-2H3,(H,17,19). The molecule has 0 fully saturated rings. The first-order valence-electron chi connectivity index (χ1n) is 6.45. The monoisotopic (exact) mass is 311 g/mol. The van der Waals surface area contributed by atoms with Crippen molar-refractivity contribution in [1.82, 2.24) is 5.32 Å². The molecule has 2 N–H and O–H groups in total. The van der Waals surface area contributed by atoms with Gasteiger partial charge in [0, 0.05) is 34.4 Å². The van der Waals surface area contributed by atoms with Crippen molar-refractivity contribution >= 4 is 16.7 Å². The van der Waals surface area contributed by atoms with Gasteiger partial charge >= 0.3 is 0 Å². The zero-order chi connectivity index (χ0) is 15.8. The molecule has 2 unspecified atom stereocenters. The summed E-state index contributed by atoms with van der Waals surface area (Å²) in [5, 5.41) is 11.2. The first kappa shape index (κ1) is 17.3. The Morgan fingerprint density at radius 1 is 1.52 bits per heavy atom. The summed E-state index contributed by atoms with van der Waals surface area (Å²) in [4.78, 5) is 11.8. The largest absolute Gasteiger partial charge is 0.384 e. The average Bonchev–Trinajstić information content (AvgIpc) is 2.45. The fourth-order valence-corrected chi connectivity index (χ4v) is 2.00. The highest BCUT2D eigenvalue weighted by molar-refractivity contribution is 7.84. The molecular formula is C15H18FNO3S. The minimum atomic E-state index is -0.927. The summed E-state index contributed by atoms with van der Waals surface area (Å²) in [6, 6.07) is 3.98. The zero-order valence-electron chi connectivity index (χ0n) is 12.0. The topological polar surface area (TPSA) is 66.4 Å². The number of rotatable bonds is 5. The number of benzene rings is 1. The highest BCUT2D eigenvalue weighted by atomic mass is 32.2. The van der Waals surface area contributed by atoms with Gasteiger partial charge in [0.15, 0.2) is 0 Å². The molecule has 0 heterocycles. The van der Waals surface area contributed by atoms with Gasteiger partial charge in [0.2, 0.25) is 0 Å². The van der Waals surface area contributed by atoms with E-state index in [0.29, 0.717) is 13.0 Å². The van der Waals surface area contributed by atoms with Crippen LogP contribution in [0.4, 0.5) is 4.39 Å². The lowest BCUT2D eigenvalue weighted by atomic mass is 10.1. The van der Waals surface area contributed by atoms with E-state index in [9.17, 15) is 13.4 Å². The Morgan fingerprint density at radius 3 is 2.81 bits per heavy atom. The third-order valence-electron chi connectivity index (χ3n) is 2.94. The van der Waals surface area contributed by atoms with Gasteiger partial charge in [-0.1, -0.05) is 18.8 Å². The van der Waals surface area contributed by atoms with Gasteiger partial charge in [0.05, 0.1) is 5.56 Å². The average molecular weight is 311 g/mol. The predicted octanol–water partition coefficient (Wildman–Crippen LogP) is 1.06. The van der Waals surface area contributed by atoms with Crippen LogP contribution >= 0.6 is 0 Å². The minimum absolute atomic E-state index is 0.00170. The summed E-state index contributed by atoms with van der Waals surface area (Å²) in [5.74, 6) is 3.82. The number of aliphatic hydroxyl groups excluding tert-OH is 1. The van der Waals surface area contributed by atoms with E-state index < -0.39 is 16.6 Å². The molecule has 21 heavy (non-hydrogen) atoms. The van der Waals surface area contributed by atoms with Crippen LogP contribution in [0.1, 0.15) is 29.3 Å². The second-order valence-corrected chi connectivity index (χ2v) is 6.31. The molecule has 1 rings (SSSR count). The van der Waals surface area contributed by atoms with Crippen LogP contribution in [-0.4, -0.2) is 39.9 Å². The summed E-state index contributed by atoms with van der Waals surface area (Å²) >= 11 is 0. The van der Waals surface area contributed by atoms with Crippen molar-refractivity contribution in [2.75, 3.05) is 19.4 Å². The van der Waals surface area contributed by atoms with Crippen molar-refractivity contribution in [3.8, 4) is 11.8 Å². The van der Waals surface area contributed by atoms with E-state index in [-0.39, 0.29) is 28.9 Å². The molecule has 0 radical (unpaired) electrons. The van der Waals surface area contributed by atoms with Crippen molar-refractivity contribution in [2.45, 2.75) is 18.6 Å². The molecule has 1 amide bonds. The molecule has 0 saturated carbocycles. The van der Waals surface area contributed by atoms with Gasteiger partial charge in [-0.3, -0.25) is 9.00 Å². The number of carbonyl (C=O) groups is 1. The van der Waals surface area contributed by atoms with Crippen molar-refractivity contribution in [1.29, 1.82) is 0 Å². The number of halogens is 1. The highest BCUT2D eigenvalue weighted by Gasteiger charge is 2.10. The Morgan fingerprint density at radius 2 is 2.24 bits per heavy atom. The lowest BCUT2D eigenvalue weighted by Gasteiger charge is -2.09. The number of carbonyl (C=O) groups excluding carboxylic acids is 1. The normalized spacial score (nSPS) is 13.0. The van der Waals surface area contributed by atoms with Crippen LogP contribution < -0.4 is 5.32 Å². The Bertz CT molecular complexity index is 592. The lowest BCUT2D eigenvalue weighted by molar-refractivity contribution is 0.0953. The lowest BCUT2D eigenvalue weighted by Crippen LogP contribution is -2.27. The zero-order valence-corrected chi connectivity index (χ0v) is 12.8. The number of hydrogen-bond donors (Lipinski definition) is 2. The van der Waals surface area contributed by atoms with Gasteiger partial charge < -0.3 is 10.4 Å². The van der Waals surface area contributed by atoms with Gasteiger partial charge in [-0.25, -0.2) is 4.39 Å². The van der Waals surface area contributed by atoms with Gasteiger partial charge in [-0.2, -0.15) is 0 Å². The summed E-state index contributed by atoms with van der Waals surface area (Å²) in [6.45, 7) is 1.88. The quantitative estimate of drug-likeness (QED) is 0.799. The summed E-state index contributed by atoms with van der Waals surface area (Å²) in [7, 11) is -0.927. The first-order valence-corrected chi connectivity index (χ1v) is 8.07. The second-order valence-electron chi connectivity index (χ2n) is 4.51. The smallest absolute Gasteiger partial charge is 0.251 e. The maximum absolute atomic E-state index is 13.7. The SMILES string of the molecule is CC(CCNC(=O)c1ccc(C#CCO)c(F)c1)S(C)=O. The van der Waals surface area contributed by atoms with E-state index in [2.05, 4.69) is 17.2 Å². The van der Waals surface area contributed by atoms with Crippen LogP contribution in [0.5, 0.6) is 0 Å². The Labute approximate surface area is 126 Å². The van der Waals surface area contributed by atoms with Gasteiger partial charge in [0.25, 0.3) is 5.91 Å². The number of hydrogen-bond acceptors (Lipinski definition) is 3. The maximum atomic E-state index is 13.7. The summed E-state index contributed by atoms with van der Waals surface area (Å²) in [5.41, 5.74) is 0.336. The van der Waals surface area contributed by atoms with Crippen molar-refractivity contribution in [2.24, 2.45) is 0 Å². The molecular weight excluding hydrogens is 293 g/mol. The molecule has 0 aromatic heterocycles. The molecule has 6 heteroatoms. The van der Waals surface area contributed by atoms with Crippen LogP contribution in [0.2, 0.25) is 0 Å². The fraction of sp³-hybridized carbons (Fsp3) is 0.400. The van der Waals surface area contributed by atoms with E-state index >= 15 is 0 Å². The molecule has 2 atom stereocenters. The molecule has 1 aromatic carbocycles. The molecule has 0 spiro atoms. The molecule has 0 aliphatic heterocycles. The maximum Gasteiger partial charge on any atom is 0.251 e. The molecule has 114 valence electrons. The highest BCUT2D eigenvalue weighted by Crippen LogP contribution is 2.09. The third kappa shape index (κ3) is 5.66. The van der Waals surface area contributed by atoms with Crippen LogP contribution in [0.25, 0.3) is 0 Å². The number of nitrogens with one attached hydrogen (secondary N) is 1. The molecule has 0 saturated heterocycles. The minimum Gasteiger partial charge on any atom is -0.384 e. The third-order valence-corrected chi connectivity index (χ3v) is 4.31. The van der Waals surface area contributed by atoms with Crippen molar-refractivity contribution < 1.29 is 18.5 Å². The summed E-state index contributed by atoms with van der Waals surface area (Å²) < 4.78 is 24.9. The molecule has 0 aliphatic rings. The number of aliphatic hydroxyl groups is 1. The molecule has 0 bridgehead atoms. The van der Waals surface area contributed by atoms with Crippen LogP contribution in [0.15, 0.2) is 18.2 Å². The predicted molar refractivity (Wildman–Crippen MR) is 80.8 cm³/mol. The first-order chi connectivity index (χ1) is 9.95.